The van der Waals surface area contributed by atoms with Crippen LogP contribution in [0.5, 0.6) is 0 Å². The monoisotopic (exact) mass is 310 g/mol. The molecule has 0 aromatic heterocycles. The number of hydrogen-bond acceptors (Lipinski definition) is 2. The molecule has 1 aromatic rings. The number of benzene rings is 1. The van der Waals surface area contributed by atoms with Crippen molar-refractivity contribution >= 4 is 15.9 Å². The van der Waals surface area contributed by atoms with Gasteiger partial charge in [0, 0.05) is 17.6 Å². The summed E-state index contributed by atoms with van der Waals surface area (Å²) in [7, 11) is 1.42. The summed E-state index contributed by atoms with van der Waals surface area (Å²) in [5.74, 6) is 0. The molecule has 0 saturated heterocycles. The molecular weight excluding hydrogens is 297 g/mol. The zero-order valence-corrected chi connectivity index (χ0v) is 10.9. The van der Waals surface area contributed by atoms with Crippen LogP contribution < -0.4 is 5.73 Å². The van der Waals surface area contributed by atoms with Crippen molar-refractivity contribution in [1.82, 2.24) is 4.90 Å². The number of nitrogens with two attached hydrogens (primary N) is 1. The lowest BCUT2D eigenvalue weighted by atomic mass is 10.2. The van der Waals surface area contributed by atoms with Crippen LogP contribution in [0, 0.1) is 0 Å². The van der Waals surface area contributed by atoms with E-state index >= 15 is 0 Å². The van der Waals surface area contributed by atoms with Gasteiger partial charge in [0.05, 0.1) is 0 Å². The number of hydrogen-bond donors (Lipinski definition) is 1. The summed E-state index contributed by atoms with van der Waals surface area (Å²) < 4.78 is 38.7. The van der Waals surface area contributed by atoms with Crippen LogP contribution in [0.25, 0.3) is 0 Å². The van der Waals surface area contributed by atoms with Crippen molar-refractivity contribution in [3.05, 3.63) is 34.3 Å². The molecule has 1 unspecified atom stereocenters. The van der Waals surface area contributed by atoms with Gasteiger partial charge in [0.1, 0.15) is 6.04 Å². The summed E-state index contributed by atoms with van der Waals surface area (Å²) in [6.45, 7) is -0.217. The van der Waals surface area contributed by atoms with E-state index in [9.17, 15) is 13.2 Å². The van der Waals surface area contributed by atoms with Gasteiger partial charge in [-0.15, -0.1) is 0 Å². The first-order valence-electron chi connectivity index (χ1n) is 5.06. The van der Waals surface area contributed by atoms with Gasteiger partial charge < -0.3 is 5.73 Å². The van der Waals surface area contributed by atoms with Crippen LogP contribution in [0.2, 0.25) is 0 Å². The van der Waals surface area contributed by atoms with E-state index in [2.05, 4.69) is 15.9 Å². The molecule has 0 aliphatic carbocycles. The van der Waals surface area contributed by atoms with E-state index < -0.39 is 18.8 Å². The normalized spacial score (nSPS) is 14.1. The molecule has 0 fully saturated rings. The number of likely N-dealkylation sites (N-methyl/N-ethyl adjacent to an activating group) is 1. The van der Waals surface area contributed by atoms with E-state index in [-0.39, 0.29) is 6.54 Å². The van der Waals surface area contributed by atoms with Crippen molar-refractivity contribution in [3.63, 3.8) is 0 Å². The molecule has 0 amide bonds. The zero-order valence-electron chi connectivity index (χ0n) is 9.34. The van der Waals surface area contributed by atoms with E-state index in [1.165, 1.54) is 11.9 Å². The Hall–Kier alpha value is -0.590. The molecule has 2 N–H and O–H groups in total. The van der Waals surface area contributed by atoms with Crippen LogP contribution in [0.15, 0.2) is 28.7 Å². The van der Waals surface area contributed by atoms with E-state index in [1.54, 1.807) is 24.3 Å². The Labute approximate surface area is 107 Å². The van der Waals surface area contributed by atoms with Gasteiger partial charge >= 0.3 is 6.18 Å². The van der Waals surface area contributed by atoms with Crippen molar-refractivity contribution in [2.24, 2.45) is 5.73 Å². The Balaban J connectivity index is 2.70. The Kier molecular flexibility index (Phi) is 4.97. The second-order valence-electron chi connectivity index (χ2n) is 3.83. The van der Waals surface area contributed by atoms with Gasteiger partial charge in [0.2, 0.25) is 0 Å². The SMILES string of the molecule is CN(Cc1ccc(Br)cc1)C(CN)C(F)(F)F. The fourth-order valence-electron chi connectivity index (χ4n) is 1.55. The van der Waals surface area contributed by atoms with Gasteiger partial charge in [0.15, 0.2) is 0 Å². The second kappa shape index (κ2) is 5.84. The van der Waals surface area contributed by atoms with Crippen LogP contribution in [0.3, 0.4) is 0 Å². The highest BCUT2D eigenvalue weighted by Gasteiger charge is 2.41. The molecule has 0 radical (unpaired) electrons. The zero-order chi connectivity index (χ0) is 13.1. The topological polar surface area (TPSA) is 29.3 Å². The smallest absolute Gasteiger partial charge is 0.329 e. The Bertz CT molecular complexity index is 351. The average Bonchev–Trinajstić information content (AvgIpc) is 2.20. The molecular formula is C11H14BrF3N2. The van der Waals surface area contributed by atoms with Gasteiger partial charge in [-0.3, -0.25) is 4.90 Å². The minimum atomic E-state index is -4.29. The van der Waals surface area contributed by atoms with Crippen LogP contribution in [-0.4, -0.2) is 30.7 Å². The summed E-state index contributed by atoms with van der Waals surface area (Å²) in [4.78, 5) is 1.21. The first kappa shape index (κ1) is 14.5. The second-order valence-corrected chi connectivity index (χ2v) is 4.75. The van der Waals surface area contributed by atoms with E-state index in [1.807, 2.05) is 0 Å². The maximum absolute atomic E-state index is 12.6. The maximum atomic E-state index is 12.6. The largest absolute Gasteiger partial charge is 0.405 e. The molecule has 96 valence electrons. The fourth-order valence-corrected chi connectivity index (χ4v) is 1.82. The molecule has 0 bridgehead atoms. The number of alkyl halides is 3. The third-order valence-electron chi connectivity index (χ3n) is 2.48. The van der Waals surface area contributed by atoms with Crippen molar-refractivity contribution < 1.29 is 13.2 Å². The third-order valence-corrected chi connectivity index (χ3v) is 3.01. The van der Waals surface area contributed by atoms with Gasteiger partial charge in [-0.2, -0.15) is 13.2 Å². The average molecular weight is 311 g/mol. The Morgan fingerprint density at radius 1 is 1.29 bits per heavy atom. The highest BCUT2D eigenvalue weighted by atomic mass is 79.9. The summed E-state index contributed by atoms with van der Waals surface area (Å²) in [5, 5.41) is 0. The van der Waals surface area contributed by atoms with Crippen molar-refractivity contribution in [3.8, 4) is 0 Å². The van der Waals surface area contributed by atoms with E-state index in [0.29, 0.717) is 0 Å². The van der Waals surface area contributed by atoms with Gasteiger partial charge in [-0.25, -0.2) is 0 Å². The molecule has 0 saturated carbocycles. The standard InChI is InChI=1S/C11H14BrF3N2/c1-17(10(6-16)11(13,14)15)7-8-2-4-9(12)5-3-8/h2-5,10H,6-7,16H2,1H3. The summed E-state index contributed by atoms with van der Waals surface area (Å²) in [5.41, 5.74) is 5.99. The predicted octanol–water partition coefficient (Wildman–Crippen LogP) is 2.77. The highest BCUT2D eigenvalue weighted by Crippen LogP contribution is 2.24. The van der Waals surface area contributed by atoms with E-state index in [0.717, 1.165) is 10.0 Å². The maximum Gasteiger partial charge on any atom is 0.405 e. The molecule has 0 aliphatic rings. The summed E-state index contributed by atoms with van der Waals surface area (Å²) >= 11 is 3.27. The molecule has 1 atom stereocenters. The van der Waals surface area contributed by atoms with Gasteiger partial charge in [-0.05, 0) is 24.7 Å². The lowest BCUT2D eigenvalue weighted by Crippen LogP contribution is -2.48. The van der Waals surface area contributed by atoms with Crippen LogP contribution in [0.4, 0.5) is 13.2 Å². The number of halogens is 4. The van der Waals surface area contributed by atoms with Gasteiger partial charge in [-0.1, -0.05) is 28.1 Å². The first-order valence-corrected chi connectivity index (χ1v) is 5.85. The van der Waals surface area contributed by atoms with Crippen molar-refractivity contribution in [2.75, 3.05) is 13.6 Å². The molecule has 0 heterocycles. The lowest BCUT2D eigenvalue weighted by molar-refractivity contribution is -0.178. The van der Waals surface area contributed by atoms with Crippen LogP contribution in [-0.2, 0) is 6.54 Å². The minimum absolute atomic E-state index is 0.217. The third kappa shape index (κ3) is 4.29. The summed E-state index contributed by atoms with van der Waals surface area (Å²) in [6.07, 6.45) is -4.29. The minimum Gasteiger partial charge on any atom is -0.329 e. The fraction of sp³-hybridized carbons (Fsp3) is 0.455. The molecule has 2 nitrogen and oxygen atoms in total. The van der Waals surface area contributed by atoms with Crippen molar-refractivity contribution in [2.45, 2.75) is 18.8 Å². The number of rotatable bonds is 4. The molecule has 17 heavy (non-hydrogen) atoms. The van der Waals surface area contributed by atoms with E-state index in [4.69, 9.17) is 5.73 Å². The molecule has 0 aliphatic heterocycles. The summed E-state index contributed by atoms with van der Waals surface area (Å²) in [6, 6.07) is 5.56. The molecule has 1 rings (SSSR count). The molecule has 0 spiro atoms. The molecule has 6 heteroatoms. The quantitative estimate of drug-likeness (QED) is 0.926. The lowest BCUT2D eigenvalue weighted by Gasteiger charge is -2.28. The Morgan fingerprint density at radius 2 is 1.82 bits per heavy atom. The number of nitrogens with zero attached hydrogens (tertiary/aromatic N) is 1. The van der Waals surface area contributed by atoms with Crippen molar-refractivity contribution in [1.29, 1.82) is 0 Å². The highest BCUT2D eigenvalue weighted by molar-refractivity contribution is 9.10. The first-order chi connectivity index (χ1) is 7.84. The van der Waals surface area contributed by atoms with Crippen LogP contribution in [0.1, 0.15) is 5.56 Å². The van der Waals surface area contributed by atoms with Crippen LogP contribution >= 0.6 is 15.9 Å². The predicted molar refractivity (Wildman–Crippen MR) is 64.5 cm³/mol. The Morgan fingerprint density at radius 3 is 2.24 bits per heavy atom. The molecule has 1 aromatic carbocycles. The van der Waals surface area contributed by atoms with Gasteiger partial charge in [0.25, 0.3) is 0 Å².